The Kier molecular flexibility index (Phi) is 5.14. The summed E-state index contributed by atoms with van der Waals surface area (Å²) in [6.45, 7) is 3.15. The molecule has 114 valence electrons. The van der Waals surface area contributed by atoms with Gasteiger partial charge >= 0.3 is 0 Å². The summed E-state index contributed by atoms with van der Waals surface area (Å²) in [4.78, 5) is 0.144. The van der Waals surface area contributed by atoms with Gasteiger partial charge in [0, 0.05) is 18.5 Å². The lowest BCUT2D eigenvalue weighted by Crippen LogP contribution is -2.30. The van der Waals surface area contributed by atoms with E-state index in [4.69, 9.17) is 5.84 Å². The number of nitrogens with two attached hydrogens (primary N) is 1. The van der Waals surface area contributed by atoms with Gasteiger partial charge in [0.15, 0.2) is 0 Å². The fourth-order valence-electron chi connectivity index (χ4n) is 1.89. The first-order valence-electron chi connectivity index (χ1n) is 5.82. The molecule has 0 bridgehead atoms. The van der Waals surface area contributed by atoms with Crippen LogP contribution in [0.3, 0.4) is 0 Å². The molecule has 0 amide bonds. The highest BCUT2D eigenvalue weighted by atomic mass is 32.2. The Bertz CT molecular complexity index is 673. The van der Waals surface area contributed by atoms with Gasteiger partial charge in [-0.1, -0.05) is 0 Å². The van der Waals surface area contributed by atoms with Gasteiger partial charge in [-0.25, -0.2) is 21.6 Å². The van der Waals surface area contributed by atoms with Gasteiger partial charge in [-0.3, -0.25) is 5.84 Å². The first kappa shape index (κ1) is 16.9. The molecule has 1 aromatic rings. The highest BCUT2D eigenvalue weighted by Crippen LogP contribution is 2.23. The van der Waals surface area contributed by atoms with Crippen molar-refractivity contribution in [1.82, 2.24) is 4.72 Å². The van der Waals surface area contributed by atoms with Crippen LogP contribution >= 0.6 is 0 Å². The highest BCUT2D eigenvalue weighted by Gasteiger charge is 2.20. The minimum atomic E-state index is -3.75. The summed E-state index contributed by atoms with van der Waals surface area (Å²) >= 11 is 0. The van der Waals surface area contributed by atoms with Crippen LogP contribution in [-0.2, 0) is 19.9 Å². The van der Waals surface area contributed by atoms with E-state index in [1.807, 2.05) is 0 Å². The van der Waals surface area contributed by atoms with Crippen LogP contribution in [0.5, 0.6) is 0 Å². The van der Waals surface area contributed by atoms with Crippen molar-refractivity contribution in [3.63, 3.8) is 0 Å². The third kappa shape index (κ3) is 4.44. The molecule has 0 saturated carbocycles. The van der Waals surface area contributed by atoms with Crippen LogP contribution in [0.4, 0.5) is 5.69 Å². The standard InChI is InChI=1S/C11H19N3O4S2/c1-8-6-10(14-12)7-9(2)11(8)20(17,18)13-4-5-19(3,15)16/h6-7,13-14H,4-5,12H2,1-3H3. The van der Waals surface area contributed by atoms with E-state index in [2.05, 4.69) is 10.1 Å². The molecule has 0 fully saturated rings. The SMILES string of the molecule is Cc1cc(NN)cc(C)c1S(=O)(=O)NCCS(C)(=O)=O. The molecule has 9 heteroatoms. The topological polar surface area (TPSA) is 118 Å². The molecular weight excluding hydrogens is 302 g/mol. The van der Waals surface area contributed by atoms with Crippen molar-refractivity contribution in [2.24, 2.45) is 5.84 Å². The molecule has 0 radical (unpaired) electrons. The zero-order valence-electron chi connectivity index (χ0n) is 11.6. The first-order chi connectivity index (χ1) is 9.07. The minimum Gasteiger partial charge on any atom is -0.324 e. The Morgan fingerprint density at radius 1 is 1.10 bits per heavy atom. The number of hydrogen-bond donors (Lipinski definition) is 3. The van der Waals surface area contributed by atoms with Crippen LogP contribution in [0.25, 0.3) is 0 Å². The fraction of sp³-hybridized carbons (Fsp3) is 0.455. The zero-order chi connectivity index (χ0) is 15.6. The van der Waals surface area contributed by atoms with Gasteiger partial charge in [-0.15, -0.1) is 0 Å². The van der Waals surface area contributed by atoms with Gasteiger partial charge in [0.1, 0.15) is 9.84 Å². The molecule has 0 aromatic heterocycles. The van der Waals surface area contributed by atoms with E-state index in [0.29, 0.717) is 16.8 Å². The normalized spacial score (nSPS) is 12.4. The Labute approximate surface area is 119 Å². The van der Waals surface area contributed by atoms with E-state index in [9.17, 15) is 16.8 Å². The average molecular weight is 321 g/mol. The van der Waals surface area contributed by atoms with Crippen molar-refractivity contribution in [3.05, 3.63) is 23.3 Å². The largest absolute Gasteiger partial charge is 0.324 e. The lowest BCUT2D eigenvalue weighted by Gasteiger charge is -2.13. The number of benzene rings is 1. The van der Waals surface area contributed by atoms with Crippen molar-refractivity contribution >= 4 is 25.5 Å². The van der Waals surface area contributed by atoms with Crippen molar-refractivity contribution in [3.8, 4) is 0 Å². The average Bonchev–Trinajstić information content (AvgIpc) is 2.25. The number of hydrogen-bond acceptors (Lipinski definition) is 6. The van der Waals surface area contributed by atoms with Crippen LogP contribution in [0.2, 0.25) is 0 Å². The minimum absolute atomic E-state index is 0.144. The second-order valence-corrected chi connectivity index (χ2v) is 8.57. The monoisotopic (exact) mass is 321 g/mol. The summed E-state index contributed by atoms with van der Waals surface area (Å²) in [7, 11) is -6.97. The fourth-order valence-corrected chi connectivity index (χ4v) is 3.97. The molecule has 0 aliphatic carbocycles. The van der Waals surface area contributed by atoms with Gasteiger partial charge in [0.2, 0.25) is 10.0 Å². The molecule has 20 heavy (non-hydrogen) atoms. The highest BCUT2D eigenvalue weighted by molar-refractivity contribution is 7.91. The van der Waals surface area contributed by atoms with Crippen LogP contribution < -0.4 is 16.0 Å². The van der Waals surface area contributed by atoms with Crippen LogP contribution in [-0.4, -0.2) is 35.4 Å². The maximum atomic E-state index is 12.2. The summed E-state index contributed by atoms with van der Waals surface area (Å²) in [6, 6.07) is 3.22. The smallest absolute Gasteiger partial charge is 0.241 e. The number of nitrogens with one attached hydrogen (secondary N) is 2. The van der Waals surface area contributed by atoms with Gasteiger partial charge in [-0.2, -0.15) is 0 Å². The van der Waals surface area contributed by atoms with E-state index >= 15 is 0 Å². The lowest BCUT2D eigenvalue weighted by atomic mass is 10.1. The maximum Gasteiger partial charge on any atom is 0.241 e. The van der Waals surface area contributed by atoms with Crippen molar-refractivity contribution < 1.29 is 16.8 Å². The van der Waals surface area contributed by atoms with Gasteiger partial charge in [0.05, 0.1) is 10.6 Å². The van der Waals surface area contributed by atoms with E-state index in [1.165, 1.54) is 0 Å². The molecule has 7 nitrogen and oxygen atoms in total. The van der Waals surface area contributed by atoms with Crippen LogP contribution in [0.15, 0.2) is 17.0 Å². The Morgan fingerprint density at radius 3 is 2.00 bits per heavy atom. The number of aryl methyl sites for hydroxylation is 2. The second kappa shape index (κ2) is 6.08. The Hall–Kier alpha value is -1.16. The lowest BCUT2D eigenvalue weighted by molar-refractivity contribution is 0.581. The number of rotatable bonds is 6. The third-order valence-electron chi connectivity index (χ3n) is 2.66. The van der Waals surface area contributed by atoms with Crippen molar-refractivity contribution in [2.45, 2.75) is 18.7 Å². The zero-order valence-corrected chi connectivity index (χ0v) is 13.2. The summed E-state index contributed by atoms with van der Waals surface area (Å²) in [5.41, 5.74) is 4.13. The molecule has 4 N–H and O–H groups in total. The van der Waals surface area contributed by atoms with Gasteiger partial charge in [-0.05, 0) is 37.1 Å². The van der Waals surface area contributed by atoms with E-state index in [0.717, 1.165) is 6.26 Å². The first-order valence-corrected chi connectivity index (χ1v) is 9.36. The summed E-state index contributed by atoms with van der Waals surface area (Å²) in [6.07, 6.45) is 1.06. The van der Waals surface area contributed by atoms with E-state index < -0.39 is 19.9 Å². The van der Waals surface area contributed by atoms with Crippen molar-refractivity contribution in [2.75, 3.05) is 24.0 Å². The second-order valence-electron chi connectivity index (χ2n) is 4.61. The number of anilines is 1. The predicted molar refractivity (Wildman–Crippen MR) is 78.6 cm³/mol. The maximum absolute atomic E-state index is 12.2. The van der Waals surface area contributed by atoms with Crippen LogP contribution in [0.1, 0.15) is 11.1 Å². The predicted octanol–water partition coefficient (Wildman–Crippen LogP) is -0.0881. The molecule has 0 heterocycles. The Morgan fingerprint density at radius 2 is 1.60 bits per heavy atom. The quantitative estimate of drug-likeness (QED) is 0.498. The van der Waals surface area contributed by atoms with E-state index in [-0.39, 0.29) is 17.2 Å². The number of nitrogen functional groups attached to an aromatic ring is 1. The molecule has 0 atom stereocenters. The molecule has 0 unspecified atom stereocenters. The third-order valence-corrected chi connectivity index (χ3v) is 5.37. The number of hydrazine groups is 1. The van der Waals surface area contributed by atoms with Gasteiger partial charge in [0.25, 0.3) is 0 Å². The molecule has 0 saturated heterocycles. The Balaban J connectivity index is 3.04. The molecule has 0 aliphatic rings. The van der Waals surface area contributed by atoms with E-state index in [1.54, 1.807) is 26.0 Å². The number of sulfonamides is 1. The molecular formula is C11H19N3O4S2. The number of sulfone groups is 1. The molecule has 0 spiro atoms. The summed E-state index contributed by atoms with van der Waals surface area (Å²) in [5.74, 6) is 5.05. The van der Waals surface area contributed by atoms with Crippen molar-refractivity contribution in [1.29, 1.82) is 0 Å². The van der Waals surface area contributed by atoms with Crippen LogP contribution in [0, 0.1) is 13.8 Å². The summed E-state index contributed by atoms with van der Waals surface area (Å²) in [5, 5.41) is 0. The molecule has 0 aliphatic heterocycles. The molecule has 1 aromatic carbocycles. The molecule has 1 rings (SSSR count). The summed E-state index contributed by atoms with van der Waals surface area (Å²) < 4.78 is 48.7. The van der Waals surface area contributed by atoms with Gasteiger partial charge < -0.3 is 5.43 Å².